The second-order valence-corrected chi connectivity index (χ2v) is 5.93. The van der Waals surface area contributed by atoms with E-state index in [9.17, 15) is 9.59 Å². The second-order valence-electron chi connectivity index (χ2n) is 5.93. The third-order valence-electron chi connectivity index (χ3n) is 4.73. The molecular weight excluding hydrogens is 226 g/mol. The van der Waals surface area contributed by atoms with Crippen LogP contribution in [0, 0.1) is 23.7 Å². The molecule has 2 aliphatic carbocycles. The maximum absolute atomic E-state index is 12.4. The topological polar surface area (TPSA) is 37.4 Å². The molecule has 3 heteroatoms. The largest absolute Gasteiger partial charge is 0.274 e. The minimum absolute atomic E-state index is 0.0141. The normalized spacial score (nSPS) is 33.9. The van der Waals surface area contributed by atoms with Crippen molar-refractivity contribution in [2.45, 2.75) is 26.7 Å². The van der Waals surface area contributed by atoms with E-state index in [1.807, 2.05) is 0 Å². The van der Waals surface area contributed by atoms with E-state index in [0.29, 0.717) is 24.3 Å². The maximum Gasteiger partial charge on any atom is 0.257 e. The lowest BCUT2D eigenvalue weighted by molar-refractivity contribution is -0.139. The third kappa shape index (κ3) is 1.25. The fourth-order valence-electron chi connectivity index (χ4n) is 4.22. The van der Waals surface area contributed by atoms with E-state index in [1.165, 1.54) is 10.5 Å². The van der Waals surface area contributed by atoms with Gasteiger partial charge in [-0.3, -0.25) is 14.5 Å². The van der Waals surface area contributed by atoms with Crippen LogP contribution in [0.15, 0.2) is 23.8 Å². The number of likely N-dealkylation sites (tertiary alicyclic amines) is 1. The summed E-state index contributed by atoms with van der Waals surface area (Å²) < 4.78 is 0. The number of amides is 2. The predicted octanol–water partition coefficient (Wildman–Crippen LogP) is 2.15. The van der Waals surface area contributed by atoms with Crippen LogP contribution in [-0.2, 0) is 9.59 Å². The van der Waals surface area contributed by atoms with E-state index in [1.54, 1.807) is 6.08 Å². The lowest BCUT2D eigenvalue weighted by atomic mass is 9.82. The zero-order valence-electron chi connectivity index (χ0n) is 11.0. The van der Waals surface area contributed by atoms with Gasteiger partial charge in [0.1, 0.15) is 0 Å². The van der Waals surface area contributed by atoms with Crippen molar-refractivity contribution in [3.63, 3.8) is 0 Å². The molecule has 0 aromatic rings. The molecule has 1 aliphatic heterocycles. The summed E-state index contributed by atoms with van der Waals surface area (Å²) in [5.74, 6) is 1.20. The van der Waals surface area contributed by atoms with Crippen LogP contribution in [0.2, 0.25) is 0 Å². The maximum atomic E-state index is 12.4. The van der Waals surface area contributed by atoms with E-state index >= 15 is 0 Å². The number of rotatable bonds is 3. The Morgan fingerprint density at radius 2 is 2.17 bits per heavy atom. The summed E-state index contributed by atoms with van der Waals surface area (Å²) in [5, 5.41) is 0. The van der Waals surface area contributed by atoms with Crippen molar-refractivity contribution in [1.29, 1.82) is 0 Å². The highest BCUT2D eigenvalue weighted by Gasteiger charge is 2.58. The van der Waals surface area contributed by atoms with Crippen LogP contribution in [0.5, 0.6) is 0 Å². The summed E-state index contributed by atoms with van der Waals surface area (Å²) in [7, 11) is 0. The first-order valence-electron chi connectivity index (χ1n) is 6.77. The molecule has 96 valence electrons. The molecule has 3 nitrogen and oxygen atoms in total. The van der Waals surface area contributed by atoms with Crippen molar-refractivity contribution in [2.24, 2.45) is 23.7 Å². The third-order valence-corrected chi connectivity index (χ3v) is 4.73. The fourth-order valence-corrected chi connectivity index (χ4v) is 4.22. The Morgan fingerprint density at radius 1 is 1.44 bits per heavy atom. The van der Waals surface area contributed by atoms with Crippen LogP contribution in [-0.4, -0.2) is 23.3 Å². The van der Waals surface area contributed by atoms with Crippen LogP contribution in [0.4, 0.5) is 0 Å². The molecule has 2 fully saturated rings. The monoisotopic (exact) mass is 245 g/mol. The van der Waals surface area contributed by atoms with Gasteiger partial charge in [0.25, 0.3) is 5.91 Å². The number of nitrogens with zero attached hydrogens (tertiary/aromatic N) is 1. The van der Waals surface area contributed by atoms with Gasteiger partial charge in [-0.15, -0.1) is 6.58 Å². The molecule has 1 saturated heterocycles. The minimum Gasteiger partial charge on any atom is -0.274 e. The highest BCUT2D eigenvalue weighted by atomic mass is 16.2. The molecule has 2 bridgehead atoms. The molecule has 3 atom stereocenters. The van der Waals surface area contributed by atoms with Gasteiger partial charge in [-0.1, -0.05) is 25.5 Å². The first-order chi connectivity index (χ1) is 8.57. The summed E-state index contributed by atoms with van der Waals surface area (Å²) in [5.41, 5.74) is 2.13. The molecule has 3 rings (SSSR count). The van der Waals surface area contributed by atoms with Crippen molar-refractivity contribution in [3.05, 3.63) is 23.8 Å². The summed E-state index contributed by atoms with van der Waals surface area (Å²) in [6.07, 6.45) is 3.72. The highest BCUT2D eigenvalue weighted by Crippen LogP contribution is 2.57. The first kappa shape index (κ1) is 11.7. The molecule has 0 spiro atoms. The molecule has 2 amide bonds. The Kier molecular flexibility index (Phi) is 2.47. The molecule has 3 unspecified atom stereocenters. The Balaban J connectivity index is 2.04. The Bertz CT molecular complexity index is 475. The van der Waals surface area contributed by atoms with E-state index in [4.69, 9.17) is 0 Å². The molecule has 3 aliphatic rings. The number of allylic oxidation sites excluding steroid dienone is 1. The highest BCUT2D eigenvalue weighted by molar-refractivity contribution is 6.16. The minimum atomic E-state index is -0.131. The standard InChI is InChI=1S/C15H19NO2/c1-4-7-16-14(17)12-9-5-6-10(11(9)8(2)3)13(12)15(16)18/h4,8-9,11-12H,1,5-7H2,2-3H3. The summed E-state index contributed by atoms with van der Waals surface area (Å²) in [4.78, 5) is 26.1. The zero-order chi connectivity index (χ0) is 13.0. The Hall–Kier alpha value is -1.38. The number of carbonyl (C=O) groups is 2. The van der Waals surface area contributed by atoms with Crippen LogP contribution < -0.4 is 0 Å². The van der Waals surface area contributed by atoms with Crippen LogP contribution in [0.3, 0.4) is 0 Å². The zero-order valence-corrected chi connectivity index (χ0v) is 11.0. The van der Waals surface area contributed by atoms with Crippen molar-refractivity contribution in [1.82, 2.24) is 4.90 Å². The van der Waals surface area contributed by atoms with Crippen molar-refractivity contribution in [3.8, 4) is 0 Å². The average Bonchev–Trinajstić information content (AvgIpc) is 2.95. The van der Waals surface area contributed by atoms with Crippen LogP contribution in [0.1, 0.15) is 26.7 Å². The summed E-state index contributed by atoms with van der Waals surface area (Å²) in [6, 6.07) is 0. The Morgan fingerprint density at radius 3 is 2.72 bits per heavy atom. The van der Waals surface area contributed by atoms with E-state index in [0.717, 1.165) is 18.4 Å². The van der Waals surface area contributed by atoms with Gasteiger partial charge in [0.2, 0.25) is 5.91 Å². The fraction of sp³-hybridized carbons (Fsp3) is 0.600. The number of hydrogen-bond acceptors (Lipinski definition) is 2. The van der Waals surface area contributed by atoms with Gasteiger partial charge in [-0.05, 0) is 30.6 Å². The van der Waals surface area contributed by atoms with Crippen molar-refractivity contribution >= 4 is 11.8 Å². The lowest BCUT2D eigenvalue weighted by Gasteiger charge is -2.23. The second kappa shape index (κ2) is 3.81. The van der Waals surface area contributed by atoms with Crippen molar-refractivity contribution in [2.75, 3.05) is 6.54 Å². The van der Waals surface area contributed by atoms with Crippen LogP contribution in [0.25, 0.3) is 0 Å². The number of hydrogen-bond donors (Lipinski definition) is 0. The van der Waals surface area contributed by atoms with Gasteiger partial charge in [-0.25, -0.2) is 0 Å². The molecule has 0 N–H and O–H groups in total. The summed E-state index contributed by atoms with van der Waals surface area (Å²) in [6.45, 7) is 8.36. The van der Waals surface area contributed by atoms with Gasteiger partial charge in [0.05, 0.1) is 5.92 Å². The molecule has 18 heavy (non-hydrogen) atoms. The van der Waals surface area contributed by atoms with Crippen molar-refractivity contribution < 1.29 is 9.59 Å². The van der Waals surface area contributed by atoms with Gasteiger partial charge < -0.3 is 0 Å². The molecule has 0 aromatic carbocycles. The van der Waals surface area contributed by atoms with Gasteiger partial charge >= 0.3 is 0 Å². The van der Waals surface area contributed by atoms with Gasteiger partial charge in [0.15, 0.2) is 0 Å². The molecular formula is C15H19NO2. The van der Waals surface area contributed by atoms with Gasteiger partial charge in [0, 0.05) is 12.1 Å². The van der Waals surface area contributed by atoms with E-state index in [2.05, 4.69) is 20.4 Å². The Labute approximate surface area is 108 Å². The van der Waals surface area contributed by atoms with E-state index in [-0.39, 0.29) is 17.7 Å². The number of fused-ring (bicyclic) bond motifs is 4. The average molecular weight is 245 g/mol. The summed E-state index contributed by atoms with van der Waals surface area (Å²) >= 11 is 0. The van der Waals surface area contributed by atoms with Crippen LogP contribution >= 0.6 is 0 Å². The smallest absolute Gasteiger partial charge is 0.257 e. The van der Waals surface area contributed by atoms with Gasteiger partial charge in [-0.2, -0.15) is 0 Å². The quantitative estimate of drug-likeness (QED) is 0.564. The SMILES string of the molecule is C=CCN1C(=O)C2=C3CCC(C2C1=O)C3C(C)C. The lowest BCUT2D eigenvalue weighted by Crippen LogP contribution is -2.33. The number of carbonyl (C=O) groups excluding carboxylic acids is 2. The first-order valence-corrected chi connectivity index (χ1v) is 6.77. The molecule has 0 aromatic heterocycles. The predicted molar refractivity (Wildman–Crippen MR) is 68.5 cm³/mol. The van der Waals surface area contributed by atoms with E-state index < -0.39 is 0 Å². The molecule has 1 saturated carbocycles. The number of imide groups is 1. The molecule has 1 heterocycles. The molecule has 0 radical (unpaired) electrons.